The molecule has 0 aromatic carbocycles. The molecule has 2 fully saturated rings. The highest BCUT2D eigenvalue weighted by Crippen LogP contribution is 2.10. The summed E-state index contributed by atoms with van der Waals surface area (Å²) >= 11 is 0. The number of carbonyl (C=O) groups is 1. The molecule has 1 amide bonds. The summed E-state index contributed by atoms with van der Waals surface area (Å²) in [5, 5.41) is 0. The number of nitrogens with zero attached hydrogens (tertiary/aromatic N) is 2. The fourth-order valence-electron chi connectivity index (χ4n) is 2.61. The molecule has 2 aliphatic rings. The summed E-state index contributed by atoms with van der Waals surface area (Å²) in [5.74, 6) is 0. The Kier molecular flexibility index (Phi) is 5.10. The smallest absolute Gasteiger partial charge is 0.409 e. The number of rotatable bonds is 3. The summed E-state index contributed by atoms with van der Waals surface area (Å²) in [6, 6.07) is 0. The van der Waals surface area contributed by atoms with Crippen molar-refractivity contribution in [1.82, 2.24) is 9.80 Å². The average Bonchev–Trinajstić information content (AvgIpc) is 2.75. The third-order valence-corrected chi connectivity index (χ3v) is 3.70. The zero-order chi connectivity index (χ0) is 11.9. The standard InChI is InChI=1S/C13H24N2O2/c16-13(15-9-5-6-10-15)17-12-11-14-7-3-1-2-4-8-14/h1-12H2. The Morgan fingerprint density at radius 1 is 0.882 bits per heavy atom. The summed E-state index contributed by atoms with van der Waals surface area (Å²) in [6.07, 6.45) is 7.42. The normalized spacial score (nSPS) is 22.5. The predicted molar refractivity (Wildman–Crippen MR) is 67.1 cm³/mol. The van der Waals surface area contributed by atoms with Gasteiger partial charge in [0.15, 0.2) is 0 Å². The summed E-state index contributed by atoms with van der Waals surface area (Å²) in [7, 11) is 0. The molecule has 0 atom stereocenters. The third-order valence-electron chi connectivity index (χ3n) is 3.70. The number of hydrogen-bond donors (Lipinski definition) is 0. The number of likely N-dealkylation sites (tertiary alicyclic amines) is 2. The van der Waals surface area contributed by atoms with Gasteiger partial charge in [-0.05, 0) is 38.8 Å². The molecule has 4 nitrogen and oxygen atoms in total. The summed E-state index contributed by atoms with van der Waals surface area (Å²) in [6.45, 7) is 5.54. The first kappa shape index (κ1) is 12.7. The highest BCUT2D eigenvalue weighted by atomic mass is 16.6. The minimum absolute atomic E-state index is 0.114. The van der Waals surface area contributed by atoms with Crippen molar-refractivity contribution in [3.05, 3.63) is 0 Å². The second kappa shape index (κ2) is 6.84. The van der Waals surface area contributed by atoms with Crippen LogP contribution in [0.25, 0.3) is 0 Å². The van der Waals surface area contributed by atoms with Crippen molar-refractivity contribution in [3.8, 4) is 0 Å². The molecule has 2 rings (SSSR count). The van der Waals surface area contributed by atoms with Crippen molar-refractivity contribution in [2.75, 3.05) is 39.3 Å². The van der Waals surface area contributed by atoms with Crippen LogP contribution in [-0.4, -0.2) is 55.2 Å². The Morgan fingerprint density at radius 3 is 2.12 bits per heavy atom. The lowest BCUT2D eigenvalue weighted by molar-refractivity contribution is 0.0976. The zero-order valence-corrected chi connectivity index (χ0v) is 10.7. The molecule has 98 valence electrons. The van der Waals surface area contributed by atoms with Crippen molar-refractivity contribution < 1.29 is 9.53 Å². The molecular formula is C13H24N2O2. The molecule has 0 radical (unpaired) electrons. The molecule has 0 bridgehead atoms. The van der Waals surface area contributed by atoms with Gasteiger partial charge in [0.1, 0.15) is 6.61 Å². The van der Waals surface area contributed by atoms with Gasteiger partial charge in [-0.2, -0.15) is 0 Å². The van der Waals surface area contributed by atoms with Crippen LogP contribution < -0.4 is 0 Å². The van der Waals surface area contributed by atoms with E-state index in [1.165, 1.54) is 38.8 Å². The molecule has 2 heterocycles. The van der Waals surface area contributed by atoms with Gasteiger partial charge in [0.2, 0.25) is 0 Å². The molecule has 0 saturated carbocycles. The molecule has 4 heteroatoms. The van der Waals surface area contributed by atoms with Gasteiger partial charge in [-0.3, -0.25) is 4.90 Å². The van der Waals surface area contributed by atoms with E-state index in [1.54, 1.807) is 0 Å². The molecule has 0 unspecified atom stereocenters. The quantitative estimate of drug-likeness (QED) is 0.757. The lowest BCUT2D eigenvalue weighted by Gasteiger charge is -2.20. The van der Waals surface area contributed by atoms with E-state index in [4.69, 9.17) is 4.74 Å². The monoisotopic (exact) mass is 240 g/mol. The van der Waals surface area contributed by atoms with E-state index < -0.39 is 0 Å². The predicted octanol–water partition coefficient (Wildman–Crippen LogP) is 2.09. The van der Waals surface area contributed by atoms with Crippen molar-refractivity contribution in [2.45, 2.75) is 38.5 Å². The molecule has 2 aliphatic heterocycles. The largest absolute Gasteiger partial charge is 0.448 e. The molecule has 0 aromatic rings. The molecule has 0 aliphatic carbocycles. The third kappa shape index (κ3) is 4.19. The first-order valence-electron chi connectivity index (χ1n) is 7.00. The Labute approximate surface area is 104 Å². The van der Waals surface area contributed by atoms with Crippen molar-refractivity contribution in [3.63, 3.8) is 0 Å². The van der Waals surface area contributed by atoms with Gasteiger partial charge in [-0.15, -0.1) is 0 Å². The Hall–Kier alpha value is -0.770. The van der Waals surface area contributed by atoms with Gasteiger partial charge < -0.3 is 9.64 Å². The van der Waals surface area contributed by atoms with Gasteiger partial charge >= 0.3 is 6.09 Å². The lowest BCUT2D eigenvalue weighted by Crippen LogP contribution is -2.33. The molecule has 0 aromatic heterocycles. The lowest BCUT2D eigenvalue weighted by atomic mass is 10.2. The van der Waals surface area contributed by atoms with Crippen LogP contribution in [0.15, 0.2) is 0 Å². The Morgan fingerprint density at radius 2 is 1.47 bits per heavy atom. The van der Waals surface area contributed by atoms with Crippen LogP contribution >= 0.6 is 0 Å². The maximum Gasteiger partial charge on any atom is 0.409 e. The summed E-state index contributed by atoms with van der Waals surface area (Å²) < 4.78 is 5.31. The highest BCUT2D eigenvalue weighted by molar-refractivity contribution is 5.67. The minimum Gasteiger partial charge on any atom is -0.448 e. The van der Waals surface area contributed by atoms with E-state index in [-0.39, 0.29) is 6.09 Å². The first-order chi connectivity index (χ1) is 8.36. The van der Waals surface area contributed by atoms with E-state index >= 15 is 0 Å². The van der Waals surface area contributed by atoms with Crippen LogP contribution in [0.2, 0.25) is 0 Å². The zero-order valence-electron chi connectivity index (χ0n) is 10.7. The fourth-order valence-corrected chi connectivity index (χ4v) is 2.61. The van der Waals surface area contributed by atoms with Gasteiger partial charge in [-0.25, -0.2) is 4.79 Å². The second-order valence-corrected chi connectivity index (χ2v) is 5.06. The van der Waals surface area contributed by atoms with E-state index in [1.807, 2.05) is 4.90 Å². The molecular weight excluding hydrogens is 216 g/mol. The maximum absolute atomic E-state index is 11.6. The van der Waals surface area contributed by atoms with E-state index in [0.29, 0.717) is 6.61 Å². The van der Waals surface area contributed by atoms with Crippen LogP contribution in [0.4, 0.5) is 4.79 Å². The van der Waals surface area contributed by atoms with Crippen LogP contribution in [0.5, 0.6) is 0 Å². The van der Waals surface area contributed by atoms with Crippen LogP contribution in [0.1, 0.15) is 38.5 Å². The minimum atomic E-state index is -0.114. The van der Waals surface area contributed by atoms with Gasteiger partial charge in [0, 0.05) is 19.6 Å². The Balaban J connectivity index is 1.59. The van der Waals surface area contributed by atoms with Crippen LogP contribution in [0, 0.1) is 0 Å². The van der Waals surface area contributed by atoms with E-state index in [0.717, 1.165) is 32.5 Å². The molecule has 17 heavy (non-hydrogen) atoms. The topological polar surface area (TPSA) is 32.8 Å². The fraction of sp³-hybridized carbons (Fsp3) is 0.923. The molecule has 0 N–H and O–H groups in total. The van der Waals surface area contributed by atoms with Gasteiger partial charge in [0.05, 0.1) is 0 Å². The van der Waals surface area contributed by atoms with Crippen molar-refractivity contribution >= 4 is 6.09 Å². The summed E-state index contributed by atoms with van der Waals surface area (Å²) in [4.78, 5) is 15.9. The summed E-state index contributed by atoms with van der Waals surface area (Å²) in [5.41, 5.74) is 0. The second-order valence-electron chi connectivity index (χ2n) is 5.06. The van der Waals surface area contributed by atoms with E-state index in [2.05, 4.69) is 4.90 Å². The van der Waals surface area contributed by atoms with Crippen LogP contribution in [-0.2, 0) is 4.74 Å². The Bertz CT molecular complexity index is 232. The first-order valence-corrected chi connectivity index (χ1v) is 7.00. The van der Waals surface area contributed by atoms with Gasteiger partial charge in [0.25, 0.3) is 0 Å². The average molecular weight is 240 g/mol. The van der Waals surface area contributed by atoms with Gasteiger partial charge in [-0.1, -0.05) is 12.8 Å². The highest BCUT2D eigenvalue weighted by Gasteiger charge is 2.19. The number of ether oxygens (including phenoxy) is 1. The number of carbonyl (C=O) groups excluding carboxylic acids is 1. The van der Waals surface area contributed by atoms with Crippen molar-refractivity contribution in [2.24, 2.45) is 0 Å². The van der Waals surface area contributed by atoms with Crippen LogP contribution in [0.3, 0.4) is 0 Å². The maximum atomic E-state index is 11.6. The SMILES string of the molecule is O=C(OCCN1CCCCCC1)N1CCCC1. The molecule has 2 saturated heterocycles. The number of hydrogen-bond acceptors (Lipinski definition) is 3. The number of amides is 1. The van der Waals surface area contributed by atoms with Crippen molar-refractivity contribution in [1.29, 1.82) is 0 Å². The molecule has 0 spiro atoms. The van der Waals surface area contributed by atoms with E-state index in [9.17, 15) is 4.79 Å².